The second-order valence-electron chi connectivity index (χ2n) is 6.01. The molecule has 0 spiro atoms. The van der Waals surface area contributed by atoms with E-state index in [0.717, 1.165) is 35.2 Å². The minimum atomic E-state index is -0.0758. The number of nitrogens with zero attached hydrogens (tertiary/aromatic N) is 1. The van der Waals surface area contributed by atoms with Crippen LogP contribution in [0.15, 0.2) is 72.4 Å². The minimum absolute atomic E-state index is 0.0758. The zero-order valence-electron chi connectivity index (χ0n) is 15.6. The van der Waals surface area contributed by atoms with E-state index in [1.165, 1.54) is 6.08 Å². The Kier molecular flexibility index (Phi) is 8.62. The van der Waals surface area contributed by atoms with Crippen molar-refractivity contribution < 1.29 is 9.50 Å². The minimum Gasteiger partial charge on any atom is -0.508 e. The van der Waals surface area contributed by atoms with Crippen LogP contribution in [-0.4, -0.2) is 10.1 Å². The molecule has 1 aromatic heterocycles. The first kappa shape index (κ1) is 20.6. The molecule has 1 N–H and O–H groups in total. The monoisotopic (exact) mass is 341 g/mol. The fourth-order valence-electron chi connectivity index (χ4n) is 2.41. The molecule has 134 valence electrons. The molecule has 2 nitrogen and oxygen atoms in total. The van der Waals surface area contributed by atoms with Gasteiger partial charge in [0.05, 0.1) is 0 Å². The van der Waals surface area contributed by atoms with Crippen molar-refractivity contribution in [1.29, 1.82) is 0 Å². The molecule has 1 aliphatic carbocycles. The lowest BCUT2D eigenvalue weighted by molar-refractivity contribution is 0.426. The summed E-state index contributed by atoms with van der Waals surface area (Å²) in [7, 11) is 0. The summed E-state index contributed by atoms with van der Waals surface area (Å²) in [6, 6.07) is 3.92. The summed E-state index contributed by atoms with van der Waals surface area (Å²) < 4.78 is 12.4. The Morgan fingerprint density at radius 3 is 2.68 bits per heavy atom. The third-order valence-corrected chi connectivity index (χ3v) is 4.09. The quantitative estimate of drug-likeness (QED) is 0.492. The average Bonchev–Trinajstić information content (AvgIpc) is 2.60. The normalized spacial score (nSPS) is 17.5. The number of allylic oxidation sites excluding steroid dienone is 8. The fraction of sp³-hybridized carbons (Fsp3) is 0.318. The van der Waals surface area contributed by atoms with Crippen molar-refractivity contribution in [2.75, 3.05) is 0 Å². The van der Waals surface area contributed by atoms with Gasteiger partial charge in [0.25, 0.3) is 0 Å². The molecule has 25 heavy (non-hydrogen) atoms. The molecule has 0 saturated heterocycles. The first-order valence-corrected chi connectivity index (χ1v) is 8.57. The number of hydrogen-bond donors (Lipinski definition) is 1. The van der Waals surface area contributed by atoms with E-state index in [9.17, 15) is 9.50 Å². The van der Waals surface area contributed by atoms with E-state index in [2.05, 4.69) is 18.5 Å². The van der Waals surface area contributed by atoms with Gasteiger partial charge in [0.15, 0.2) is 0 Å². The molecule has 1 atom stereocenters. The van der Waals surface area contributed by atoms with Crippen molar-refractivity contribution in [3.05, 3.63) is 83.7 Å². The zero-order valence-corrected chi connectivity index (χ0v) is 15.6. The van der Waals surface area contributed by atoms with E-state index in [-0.39, 0.29) is 11.6 Å². The Balaban J connectivity index is 0.000000293. The van der Waals surface area contributed by atoms with Crippen molar-refractivity contribution in [3.63, 3.8) is 0 Å². The van der Waals surface area contributed by atoms with Gasteiger partial charge >= 0.3 is 0 Å². The maximum Gasteiger partial charge on any atom is 0.119 e. The predicted octanol–water partition coefficient (Wildman–Crippen LogP) is 6.64. The van der Waals surface area contributed by atoms with Crippen LogP contribution in [0.4, 0.5) is 4.39 Å². The summed E-state index contributed by atoms with van der Waals surface area (Å²) >= 11 is 0. The molecule has 0 amide bonds. The van der Waals surface area contributed by atoms with Crippen LogP contribution in [0.3, 0.4) is 0 Å². The largest absolute Gasteiger partial charge is 0.508 e. The molecule has 0 aliphatic heterocycles. The van der Waals surface area contributed by atoms with Gasteiger partial charge in [0, 0.05) is 17.5 Å². The van der Waals surface area contributed by atoms with Crippen LogP contribution < -0.4 is 0 Å². The van der Waals surface area contributed by atoms with E-state index in [1.54, 1.807) is 12.3 Å². The Morgan fingerprint density at radius 1 is 1.48 bits per heavy atom. The molecule has 0 saturated carbocycles. The highest BCUT2D eigenvalue weighted by Crippen LogP contribution is 2.21. The summed E-state index contributed by atoms with van der Waals surface area (Å²) in [6.07, 6.45) is 12.8. The molecule has 1 aromatic rings. The van der Waals surface area contributed by atoms with Crippen molar-refractivity contribution in [2.45, 2.75) is 40.5 Å². The molecule has 0 bridgehead atoms. The van der Waals surface area contributed by atoms with Crippen LogP contribution in [-0.2, 0) is 0 Å². The lowest BCUT2D eigenvalue weighted by atomic mass is 9.98. The van der Waals surface area contributed by atoms with Crippen molar-refractivity contribution in [2.24, 2.45) is 5.92 Å². The summed E-state index contributed by atoms with van der Waals surface area (Å²) in [5.41, 5.74) is 3.85. The molecule has 0 fully saturated rings. The summed E-state index contributed by atoms with van der Waals surface area (Å²) in [4.78, 5) is 4.25. The highest BCUT2D eigenvalue weighted by atomic mass is 19.1. The maximum absolute atomic E-state index is 12.4. The summed E-state index contributed by atoms with van der Waals surface area (Å²) in [5.74, 6) is 0.462. The van der Waals surface area contributed by atoms with Gasteiger partial charge in [0.1, 0.15) is 11.6 Å². The molecule has 1 unspecified atom stereocenters. The van der Waals surface area contributed by atoms with E-state index in [4.69, 9.17) is 0 Å². The first-order chi connectivity index (χ1) is 11.9. The van der Waals surface area contributed by atoms with E-state index < -0.39 is 0 Å². The van der Waals surface area contributed by atoms with Crippen molar-refractivity contribution in [3.8, 4) is 0 Å². The number of aryl methyl sites for hydroxylation is 1. The molecule has 0 radical (unpaired) electrons. The lowest BCUT2D eigenvalue weighted by Gasteiger charge is -2.09. The topological polar surface area (TPSA) is 33.1 Å². The number of hydrogen-bond acceptors (Lipinski definition) is 2. The van der Waals surface area contributed by atoms with Crippen molar-refractivity contribution in [1.82, 2.24) is 4.98 Å². The molecule has 1 aliphatic rings. The van der Waals surface area contributed by atoms with E-state index in [0.29, 0.717) is 5.92 Å². The number of aliphatic hydroxyl groups is 1. The summed E-state index contributed by atoms with van der Waals surface area (Å²) in [6.45, 7) is 11.3. The van der Waals surface area contributed by atoms with Gasteiger partial charge in [-0.25, -0.2) is 4.39 Å². The smallest absolute Gasteiger partial charge is 0.119 e. The first-order valence-electron chi connectivity index (χ1n) is 8.57. The highest BCUT2D eigenvalue weighted by Gasteiger charge is 2.05. The number of rotatable bonds is 4. The lowest BCUT2D eigenvalue weighted by Crippen LogP contribution is -1.95. The van der Waals surface area contributed by atoms with Gasteiger partial charge in [-0.3, -0.25) is 4.98 Å². The number of pyridine rings is 1. The summed E-state index contributed by atoms with van der Waals surface area (Å²) in [5, 5.41) is 9.28. The third kappa shape index (κ3) is 6.92. The Morgan fingerprint density at radius 2 is 2.20 bits per heavy atom. The average molecular weight is 341 g/mol. The highest BCUT2D eigenvalue weighted by molar-refractivity contribution is 5.76. The molecular weight excluding hydrogens is 313 g/mol. The maximum atomic E-state index is 12.4. The van der Waals surface area contributed by atoms with Crippen LogP contribution in [0.25, 0.3) is 5.57 Å². The second kappa shape index (κ2) is 10.4. The SMILES string of the molecule is C=C(O)/C(C)=C/C(=C/C)c1cccnc1C.CCC1C=C(F)C=CC1. The molecule has 2 rings (SSSR count). The van der Waals surface area contributed by atoms with Crippen molar-refractivity contribution >= 4 is 5.57 Å². The Bertz CT molecular complexity index is 710. The standard InChI is InChI=1S/C14H17NO.C8H11F/c1-5-13(9-10(2)12(4)16)14-7-6-8-15-11(14)3;1-2-7-4-3-5-8(9)6-7/h5-9,16H,4H2,1-3H3;3,5-7H,2,4H2,1H3/b10-9+,13-5-;. The van der Waals surface area contributed by atoms with E-state index in [1.807, 2.05) is 51.1 Å². The van der Waals surface area contributed by atoms with Crippen LogP contribution in [0.1, 0.15) is 44.9 Å². The predicted molar refractivity (Wildman–Crippen MR) is 105 cm³/mol. The van der Waals surface area contributed by atoms with Gasteiger partial charge in [-0.1, -0.05) is 31.7 Å². The van der Waals surface area contributed by atoms with Gasteiger partial charge in [-0.05, 0) is 75.0 Å². The molecule has 3 heteroatoms. The van der Waals surface area contributed by atoms with Crippen LogP contribution >= 0.6 is 0 Å². The fourth-order valence-corrected chi connectivity index (χ4v) is 2.41. The third-order valence-electron chi connectivity index (χ3n) is 4.09. The van der Waals surface area contributed by atoms with Gasteiger partial charge in [-0.15, -0.1) is 0 Å². The van der Waals surface area contributed by atoms with Gasteiger partial charge in [0.2, 0.25) is 0 Å². The van der Waals surface area contributed by atoms with Crippen LogP contribution in [0, 0.1) is 12.8 Å². The molecule has 0 aromatic carbocycles. The number of aromatic nitrogens is 1. The number of aliphatic hydroxyl groups excluding tert-OH is 1. The van der Waals surface area contributed by atoms with Crippen LogP contribution in [0.2, 0.25) is 0 Å². The van der Waals surface area contributed by atoms with E-state index >= 15 is 0 Å². The Labute approximate surface area is 150 Å². The second-order valence-corrected chi connectivity index (χ2v) is 6.01. The molecular formula is C22H28FNO. The zero-order chi connectivity index (χ0) is 18.8. The van der Waals surface area contributed by atoms with Gasteiger partial charge in [-0.2, -0.15) is 0 Å². The van der Waals surface area contributed by atoms with Gasteiger partial charge < -0.3 is 5.11 Å². The molecule has 1 heterocycles. The Hall–Kier alpha value is -2.42. The van der Waals surface area contributed by atoms with Crippen LogP contribution in [0.5, 0.6) is 0 Å². The number of halogens is 1.